The first-order valence-corrected chi connectivity index (χ1v) is 9.67. The second-order valence-corrected chi connectivity index (χ2v) is 7.54. The number of nitrogens with zero attached hydrogens (tertiary/aromatic N) is 2. The van der Waals surface area contributed by atoms with Crippen molar-refractivity contribution in [1.29, 1.82) is 0 Å². The van der Waals surface area contributed by atoms with E-state index in [9.17, 15) is 13.6 Å². The summed E-state index contributed by atoms with van der Waals surface area (Å²) in [4.78, 5) is 16.6. The highest BCUT2D eigenvalue weighted by Crippen LogP contribution is 2.29. The van der Waals surface area contributed by atoms with E-state index in [-0.39, 0.29) is 22.9 Å². The molecule has 0 aliphatic carbocycles. The first kappa shape index (κ1) is 20.6. The van der Waals surface area contributed by atoms with E-state index in [2.05, 4.69) is 5.32 Å². The number of carbonyl (C=O) groups is 1. The number of hydrogen-bond acceptors (Lipinski definition) is 2. The third kappa shape index (κ3) is 4.62. The van der Waals surface area contributed by atoms with Crippen molar-refractivity contribution in [1.82, 2.24) is 15.1 Å². The standard InChI is InChI=1S/C21H24ClF2N3O/c1-14-11-16(23)4-5-17(14)20-7-8-25-9-10-27(20)21(28)26(2)13-15-3-6-19(24)18(22)12-15/h3-6,11-12,20,25H,7-10,13H2,1-2H3. The zero-order chi connectivity index (χ0) is 20.3. The maximum Gasteiger partial charge on any atom is 0.320 e. The molecule has 1 heterocycles. The van der Waals surface area contributed by atoms with Crippen molar-refractivity contribution in [2.45, 2.75) is 25.9 Å². The molecule has 28 heavy (non-hydrogen) atoms. The van der Waals surface area contributed by atoms with E-state index < -0.39 is 5.82 Å². The van der Waals surface area contributed by atoms with Crippen LogP contribution < -0.4 is 5.32 Å². The molecule has 0 radical (unpaired) electrons. The van der Waals surface area contributed by atoms with Crippen molar-refractivity contribution < 1.29 is 13.6 Å². The second-order valence-electron chi connectivity index (χ2n) is 7.14. The largest absolute Gasteiger partial charge is 0.323 e. The van der Waals surface area contributed by atoms with E-state index in [1.165, 1.54) is 24.3 Å². The summed E-state index contributed by atoms with van der Waals surface area (Å²) in [6.45, 7) is 4.21. The molecule has 1 atom stereocenters. The number of carbonyl (C=O) groups excluding carboxylic acids is 1. The van der Waals surface area contributed by atoms with Gasteiger partial charge in [-0.15, -0.1) is 0 Å². The van der Waals surface area contributed by atoms with Crippen LogP contribution in [0.15, 0.2) is 36.4 Å². The number of amides is 2. The van der Waals surface area contributed by atoms with Crippen LogP contribution in [0.4, 0.5) is 13.6 Å². The van der Waals surface area contributed by atoms with E-state index in [0.29, 0.717) is 19.6 Å². The number of rotatable bonds is 3. The Bertz CT molecular complexity index is 862. The van der Waals surface area contributed by atoms with Gasteiger partial charge in [0.25, 0.3) is 0 Å². The van der Waals surface area contributed by atoms with Gasteiger partial charge in [0.15, 0.2) is 0 Å². The van der Waals surface area contributed by atoms with Gasteiger partial charge in [0, 0.05) is 26.7 Å². The highest BCUT2D eigenvalue weighted by Gasteiger charge is 2.29. The van der Waals surface area contributed by atoms with Crippen LogP contribution in [0.1, 0.15) is 29.2 Å². The molecule has 1 aliphatic heterocycles. The number of aryl methyl sites for hydroxylation is 1. The summed E-state index contributed by atoms with van der Waals surface area (Å²) in [5.74, 6) is -0.763. The Hall–Kier alpha value is -2.18. The average molecular weight is 408 g/mol. The third-order valence-electron chi connectivity index (χ3n) is 5.07. The zero-order valence-corrected chi connectivity index (χ0v) is 16.8. The van der Waals surface area contributed by atoms with E-state index in [4.69, 9.17) is 11.6 Å². The molecule has 150 valence electrons. The Kier molecular flexibility index (Phi) is 6.52. The van der Waals surface area contributed by atoms with Crippen LogP contribution in [0.2, 0.25) is 5.02 Å². The molecular formula is C21H24ClF2N3O. The summed E-state index contributed by atoms with van der Waals surface area (Å²) in [7, 11) is 1.71. The van der Waals surface area contributed by atoms with Gasteiger partial charge in [0.1, 0.15) is 11.6 Å². The fraction of sp³-hybridized carbons (Fsp3) is 0.381. The first-order chi connectivity index (χ1) is 13.4. The van der Waals surface area contributed by atoms with Crippen LogP contribution in [-0.2, 0) is 6.54 Å². The molecule has 2 amide bonds. The predicted octanol–water partition coefficient (Wildman–Crippen LogP) is 4.52. The maximum absolute atomic E-state index is 13.5. The van der Waals surface area contributed by atoms with Gasteiger partial charge in [0.2, 0.25) is 0 Å². The molecule has 4 nitrogen and oxygen atoms in total. The zero-order valence-electron chi connectivity index (χ0n) is 16.0. The van der Waals surface area contributed by atoms with Crippen molar-refractivity contribution in [2.75, 3.05) is 26.7 Å². The number of benzene rings is 2. The summed E-state index contributed by atoms with van der Waals surface area (Å²) >= 11 is 5.85. The van der Waals surface area contributed by atoms with Crippen molar-refractivity contribution >= 4 is 17.6 Å². The molecule has 1 unspecified atom stereocenters. The third-order valence-corrected chi connectivity index (χ3v) is 5.36. The molecule has 1 fully saturated rings. The molecule has 0 spiro atoms. The molecule has 1 saturated heterocycles. The van der Waals surface area contributed by atoms with Crippen LogP contribution >= 0.6 is 11.6 Å². The van der Waals surface area contributed by atoms with Crippen LogP contribution in [-0.4, -0.2) is 42.5 Å². The highest BCUT2D eigenvalue weighted by atomic mass is 35.5. The van der Waals surface area contributed by atoms with Gasteiger partial charge >= 0.3 is 6.03 Å². The molecule has 7 heteroatoms. The van der Waals surface area contributed by atoms with Gasteiger partial charge in [-0.05, 0) is 60.8 Å². The lowest BCUT2D eigenvalue weighted by molar-refractivity contribution is 0.142. The minimum Gasteiger partial charge on any atom is -0.323 e. The Labute approximate surface area is 169 Å². The molecule has 1 N–H and O–H groups in total. The van der Waals surface area contributed by atoms with E-state index in [0.717, 1.165) is 29.7 Å². The number of hydrogen-bond donors (Lipinski definition) is 1. The summed E-state index contributed by atoms with van der Waals surface area (Å²) in [6.07, 6.45) is 0.744. The molecule has 0 saturated carbocycles. The van der Waals surface area contributed by atoms with E-state index in [1.54, 1.807) is 24.1 Å². The van der Waals surface area contributed by atoms with Gasteiger partial charge in [0.05, 0.1) is 11.1 Å². The van der Waals surface area contributed by atoms with Gasteiger partial charge in [-0.25, -0.2) is 13.6 Å². The molecule has 2 aromatic carbocycles. The number of nitrogens with one attached hydrogen (secondary N) is 1. The fourth-order valence-corrected chi connectivity index (χ4v) is 3.84. The number of halogens is 3. The first-order valence-electron chi connectivity index (χ1n) is 9.29. The normalized spacial score (nSPS) is 17.3. The minimum atomic E-state index is -0.482. The van der Waals surface area contributed by atoms with Gasteiger partial charge < -0.3 is 15.1 Å². The van der Waals surface area contributed by atoms with Crippen molar-refractivity contribution in [2.24, 2.45) is 0 Å². The predicted molar refractivity (Wildman–Crippen MR) is 106 cm³/mol. The molecule has 0 bridgehead atoms. The van der Waals surface area contributed by atoms with Gasteiger partial charge in [-0.1, -0.05) is 23.7 Å². The lowest BCUT2D eigenvalue weighted by atomic mass is 9.97. The van der Waals surface area contributed by atoms with E-state index in [1.807, 2.05) is 11.8 Å². The highest BCUT2D eigenvalue weighted by molar-refractivity contribution is 6.30. The van der Waals surface area contributed by atoms with Crippen molar-refractivity contribution in [3.8, 4) is 0 Å². The molecular weight excluding hydrogens is 384 g/mol. The average Bonchev–Trinajstić information content (AvgIpc) is 2.90. The van der Waals surface area contributed by atoms with Crippen LogP contribution in [0, 0.1) is 18.6 Å². The quantitative estimate of drug-likeness (QED) is 0.812. The lowest BCUT2D eigenvalue weighted by Crippen LogP contribution is -2.44. The van der Waals surface area contributed by atoms with Gasteiger partial charge in [-0.3, -0.25) is 0 Å². The van der Waals surface area contributed by atoms with Crippen molar-refractivity contribution in [3.63, 3.8) is 0 Å². The molecule has 1 aliphatic rings. The van der Waals surface area contributed by atoms with Gasteiger partial charge in [-0.2, -0.15) is 0 Å². The van der Waals surface area contributed by atoms with Crippen LogP contribution in [0.3, 0.4) is 0 Å². The monoisotopic (exact) mass is 407 g/mol. The van der Waals surface area contributed by atoms with Crippen LogP contribution in [0.5, 0.6) is 0 Å². The smallest absolute Gasteiger partial charge is 0.320 e. The molecule has 2 aromatic rings. The Morgan fingerprint density at radius 3 is 2.75 bits per heavy atom. The molecule has 3 rings (SSSR count). The maximum atomic E-state index is 13.5. The Morgan fingerprint density at radius 2 is 2.04 bits per heavy atom. The topological polar surface area (TPSA) is 35.6 Å². The minimum absolute atomic E-state index is 0.0390. The van der Waals surface area contributed by atoms with Crippen molar-refractivity contribution in [3.05, 3.63) is 69.7 Å². The molecule has 0 aromatic heterocycles. The van der Waals surface area contributed by atoms with E-state index >= 15 is 0 Å². The summed E-state index contributed by atoms with van der Waals surface area (Å²) in [5, 5.41) is 3.36. The van der Waals surface area contributed by atoms with Crippen LogP contribution in [0.25, 0.3) is 0 Å². The number of urea groups is 1. The fourth-order valence-electron chi connectivity index (χ4n) is 3.64. The summed E-state index contributed by atoms with van der Waals surface area (Å²) in [6, 6.07) is 8.90. The Morgan fingerprint density at radius 1 is 1.25 bits per heavy atom. The Balaban J connectivity index is 1.82. The summed E-state index contributed by atoms with van der Waals surface area (Å²) in [5.41, 5.74) is 2.54. The summed E-state index contributed by atoms with van der Waals surface area (Å²) < 4.78 is 26.9. The lowest BCUT2D eigenvalue weighted by Gasteiger charge is -2.34. The SMILES string of the molecule is Cc1cc(F)ccc1C1CCNCCN1C(=O)N(C)Cc1ccc(F)c(Cl)c1. The second kappa shape index (κ2) is 8.88.